The zero-order chi connectivity index (χ0) is 16.0. The molecule has 112 valence electrons. The van der Waals surface area contributed by atoms with Crippen molar-refractivity contribution in [3.8, 4) is 0 Å². The van der Waals surface area contributed by atoms with Crippen LogP contribution in [-0.2, 0) is 9.59 Å². The first-order valence-electron chi connectivity index (χ1n) is 6.74. The van der Waals surface area contributed by atoms with Crippen LogP contribution in [0.2, 0.25) is 0 Å². The topological polar surface area (TPSA) is 79.0 Å². The van der Waals surface area contributed by atoms with Gasteiger partial charge in [0.2, 0.25) is 5.91 Å². The Hall–Kier alpha value is -2.43. The van der Waals surface area contributed by atoms with Gasteiger partial charge in [0, 0.05) is 30.1 Å². The number of carbonyl (C=O) groups is 2. The van der Waals surface area contributed by atoms with E-state index in [1.54, 1.807) is 19.1 Å². The molecular weight excluding hydrogens is 268 g/mol. The number of Topliss-reactive ketones (excluding diaryl/α,β-unsaturated/α-hetero) is 1. The van der Waals surface area contributed by atoms with Crippen LogP contribution in [0, 0.1) is 6.92 Å². The Bertz CT molecular complexity index is 717. The van der Waals surface area contributed by atoms with Crippen LogP contribution in [0.25, 0.3) is 10.8 Å². The summed E-state index contributed by atoms with van der Waals surface area (Å²) in [5, 5.41) is 4.10. The Kier molecular flexibility index (Phi) is 5.84. The number of fused-ring (bicyclic) bond motifs is 1. The van der Waals surface area contributed by atoms with Gasteiger partial charge in [-0.15, -0.1) is 0 Å². The lowest BCUT2D eigenvalue weighted by Gasteiger charge is -2.04. The van der Waals surface area contributed by atoms with Crippen LogP contribution in [0.1, 0.15) is 32.9 Å². The number of pyridine rings is 1. The molecule has 0 aliphatic heterocycles. The third-order valence-electron chi connectivity index (χ3n) is 2.80. The highest BCUT2D eigenvalue weighted by Gasteiger charge is 2.02. The summed E-state index contributed by atoms with van der Waals surface area (Å²) in [5.41, 5.74) is 1.32. The zero-order valence-electron chi connectivity index (χ0n) is 12.7. The van der Waals surface area contributed by atoms with Crippen molar-refractivity contribution >= 4 is 28.2 Å². The molecule has 0 fully saturated rings. The van der Waals surface area contributed by atoms with E-state index in [1.165, 1.54) is 6.92 Å². The minimum atomic E-state index is -0.150. The van der Waals surface area contributed by atoms with Gasteiger partial charge < -0.3 is 15.1 Å². The molecule has 0 spiro atoms. The van der Waals surface area contributed by atoms with Gasteiger partial charge in [-0.2, -0.15) is 0 Å². The van der Waals surface area contributed by atoms with E-state index in [1.807, 2.05) is 26.0 Å². The second-order valence-electron chi connectivity index (χ2n) is 4.82. The molecule has 0 saturated carbocycles. The van der Waals surface area contributed by atoms with Crippen LogP contribution >= 0.6 is 0 Å². The number of aromatic amines is 1. The van der Waals surface area contributed by atoms with E-state index >= 15 is 0 Å². The number of hydrogen-bond donors (Lipinski definition) is 2. The predicted molar refractivity (Wildman–Crippen MR) is 84.6 cm³/mol. The van der Waals surface area contributed by atoms with Crippen LogP contribution in [0.15, 0.2) is 29.1 Å². The molecule has 2 aromatic rings. The molecule has 1 heterocycles. The van der Waals surface area contributed by atoms with Crippen LogP contribution in [0.5, 0.6) is 0 Å². The SMILES string of the molecule is CC(=O)Nc1ccc2cc(C)[nH]c(=O)c2c1.CCC(C)=O. The van der Waals surface area contributed by atoms with Crippen molar-refractivity contribution in [1.82, 2.24) is 4.98 Å². The summed E-state index contributed by atoms with van der Waals surface area (Å²) in [7, 11) is 0. The smallest absolute Gasteiger partial charge is 0.256 e. The van der Waals surface area contributed by atoms with Crippen molar-refractivity contribution in [1.29, 1.82) is 0 Å². The molecular formula is C16H20N2O3. The average Bonchev–Trinajstić information content (AvgIpc) is 2.39. The molecule has 0 aliphatic carbocycles. The van der Waals surface area contributed by atoms with Crippen molar-refractivity contribution in [2.24, 2.45) is 0 Å². The Morgan fingerprint density at radius 3 is 2.33 bits per heavy atom. The normalized spacial score (nSPS) is 9.71. The summed E-state index contributed by atoms with van der Waals surface area (Å²) in [5.74, 6) is 0.105. The third kappa shape index (κ3) is 5.22. The first-order valence-corrected chi connectivity index (χ1v) is 6.74. The number of H-pyrrole nitrogens is 1. The van der Waals surface area contributed by atoms with E-state index in [9.17, 15) is 14.4 Å². The first kappa shape index (κ1) is 16.6. The number of nitrogens with one attached hydrogen (secondary N) is 2. The summed E-state index contributed by atoms with van der Waals surface area (Å²) in [6.45, 7) is 6.70. The maximum absolute atomic E-state index is 11.7. The number of benzene rings is 1. The van der Waals surface area contributed by atoms with Gasteiger partial charge in [-0.05, 0) is 37.4 Å². The fourth-order valence-electron chi connectivity index (χ4n) is 1.68. The van der Waals surface area contributed by atoms with Crippen LogP contribution in [0.4, 0.5) is 5.69 Å². The molecule has 0 aliphatic rings. The highest BCUT2D eigenvalue weighted by molar-refractivity contribution is 5.92. The number of amides is 1. The van der Waals surface area contributed by atoms with E-state index in [0.717, 1.165) is 11.1 Å². The predicted octanol–water partition coefficient (Wildman–Crippen LogP) is 2.78. The Balaban J connectivity index is 0.000000383. The van der Waals surface area contributed by atoms with E-state index in [2.05, 4.69) is 10.3 Å². The Labute approximate surface area is 123 Å². The van der Waals surface area contributed by atoms with Crippen molar-refractivity contribution < 1.29 is 9.59 Å². The van der Waals surface area contributed by atoms with Crippen molar-refractivity contribution in [2.45, 2.75) is 34.1 Å². The lowest BCUT2D eigenvalue weighted by atomic mass is 10.1. The third-order valence-corrected chi connectivity index (χ3v) is 2.80. The number of aryl methyl sites for hydroxylation is 1. The summed E-state index contributed by atoms with van der Waals surface area (Å²) in [6.07, 6.45) is 0.667. The minimum absolute atomic E-state index is 0.137. The molecule has 21 heavy (non-hydrogen) atoms. The number of hydrogen-bond acceptors (Lipinski definition) is 3. The van der Waals surface area contributed by atoms with Crippen LogP contribution < -0.4 is 10.9 Å². The quantitative estimate of drug-likeness (QED) is 0.891. The van der Waals surface area contributed by atoms with Crippen molar-refractivity contribution in [3.63, 3.8) is 0 Å². The monoisotopic (exact) mass is 288 g/mol. The maximum Gasteiger partial charge on any atom is 0.256 e. The van der Waals surface area contributed by atoms with Gasteiger partial charge in [-0.1, -0.05) is 13.0 Å². The molecule has 0 bridgehead atoms. The second kappa shape index (κ2) is 7.38. The summed E-state index contributed by atoms with van der Waals surface area (Å²) in [4.78, 5) is 35.1. The number of rotatable bonds is 2. The van der Waals surface area contributed by atoms with E-state index in [-0.39, 0.29) is 17.2 Å². The molecule has 0 saturated heterocycles. The van der Waals surface area contributed by atoms with Gasteiger partial charge in [-0.3, -0.25) is 9.59 Å². The fourth-order valence-corrected chi connectivity index (χ4v) is 1.68. The largest absolute Gasteiger partial charge is 0.326 e. The molecule has 0 radical (unpaired) electrons. The Morgan fingerprint density at radius 2 is 1.81 bits per heavy atom. The van der Waals surface area contributed by atoms with Gasteiger partial charge in [-0.25, -0.2) is 0 Å². The van der Waals surface area contributed by atoms with Gasteiger partial charge in [0.05, 0.1) is 0 Å². The molecule has 5 nitrogen and oxygen atoms in total. The molecule has 1 amide bonds. The molecule has 1 aromatic heterocycles. The number of ketones is 1. The van der Waals surface area contributed by atoms with Gasteiger partial charge >= 0.3 is 0 Å². The summed E-state index contributed by atoms with van der Waals surface area (Å²) < 4.78 is 0. The van der Waals surface area contributed by atoms with Gasteiger partial charge in [0.15, 0.2) is 0 Å². The molecule has 1 aromatic carbocycles. The van der Waals surface area contributed by atoms with Gasteiger partial charge in [0.25, 0.3) is 5.56 Å². The zero-order valence-corrected chi connectivity index (χ0v) is 12.7. The molecule has 0 atom stereocenters. The van der Waals surface area contributed by atoms with E-state index in [4.69, 9.17) is 0 Å². The van der Waals surface area contributed by atoms with Crippen molar-refractivity contribution in [3.05, 3.63) is 40.3 Å². The molecule has 0 unspecified atom stereocenters. The van der Waals surface area contributed by atoms with Crippen molar-refractivity contribution in [2.75, 3.05) is 5.32 Å². The lowest BCUT2D eigenvalue weighted by Crippen LogP contribution is -2.09. The number of anilines is 1. The first-order chi connectivity index (χ1) is 9.83. The van der Waals surface area contributed by atoms with E-state index in [0.29, 0.717) is 17.5 Å². The summed E-state index contributed by atoms with van der Waals surface area (Å²) in [6, 6.07) is 7.18. The fraction of sp³-hybridized carbons (Fsp3) is 0.312. The molecule has 2 N–H and O–H groups in total. The van der Waals surface area contributed by atoms with E-state index < -0.39 is 0 Å². The Morgan fingerprint density at radius 1 is 1.19 bits per heavy atom. The number of carbonyl (C=O) groups excluding carboxylic acids is 2. The number of aromatic nitrogens is 1. The lowest BCUT2D eigenvalue weighted by molar-refractivity contribution is -0.116. The minimum Gasteiger partial charge on any atom is -0.326 e. The van der Waals surface area contributed by atoms with Crippen LogP contribution in [0.3, 0.4) is 0 Å². The summed E-state index contributed by atoms with van der Waals surface area (Å²) >= 11 is 0. The highest BCUT2D eigenvalue weighted by atomic mass is 16.1. The molecule has 2 rings (SSSR count). The average molecular weight is 288 g/mol. The molecule has 5 heteroatoms. The van der Waals surface area contributed by atoms with Crippen LogP contribution in [-0.4, -0.2) is 16.7 Å². The van der Waals surface area contributed by atoms with Gasteiger partial charge in [0.1, 0.15) is 5.78 Å². The standard InChI is InChI=1S/C12H12N2O2.C4H8O/c1-7-5-9-3-4-10(14-8(2)15)6-11(9)12(16)13-7;1-3-4(2)5/h3-6H,1-2H3,(H,13,16)(H,14,15);3H2,1-2H3. The highest BCUT2D eigenvalue weighted by Crippen LogP contribution is 2.16. The maximum atomic E-state index is 11.7. The second-order valence-corrected chi connectivity index (χ2v) is 4.82.